The third-order valence-corrected chi connectivity index (χ3v) is 4.08. The molecule has 0 saturated carbocycles. The molecule has 0 spiro atoms. The minimum Gasteiger partial charge on any atom is -0.375 e. The fourth-order valence-electron chi connectivity index (χ4n) is 2.31. The summed E-state index contributed by atoms with van der Waals surface area (Å²) in [6.45, 7) is 0. The molecule has 1 aromatic carbocycles. The first-order valence-corrected chi connectivity index (χ1v) is 6.39. The molecule has 2 N–H and O–H groups in total. The van der Waals surface area contributed by atoms with Crippen LogP contribution >= 0.6 is 11.3 Å². The molecule has 0 amide bonds. The monoisotopic (exact) mass is 244 g/mol. The van der Waals surface area contributed by atoms with E-state index < -0.39 is 0 Å². The summed E-state index contributed by atoms with van der Waals surface area (Å²) in [5.74, 6) is 0.423. The molecule has 1 aliphatic rings. The van der Waals surface area contributed by atoms with Gasteiger partial charge in [-0.25, -0.2) is 4.98 Å². The lowest BCUT2D eigenvalue weighted by molar-refractivity contribution is 0.0968. The van der Waals surface area contributed by atoms with E-state index >= 15 is 0 Å². The molecule has 0 unspecified atom stereocenters. The van der Waals surface area contributed by atoms with Crippen molar-refractivity contribution >= 4 is 22.3 Å². The quantitative estimate of drug-likeness (QED) is 0.839. The van der Waals surface area contributed by atoms with Crippen molar-refractivity contribution in [3.8, 4) is 0 Å². The van der Waals surface area contributed by atoms with E-state index in [4.69, 9.17) is 5.73 Å². The number of benzene rings is 1. The lowest BCUT2D eigenvalue weighted by atomic mass is 9.85. The number of anilines is 1. The molecule has 4 heteroatoms. The summed E-state index contributed by atoms with van der Waals surface area (Å²) in [5.41, 5.74) is 7.74. The minimum absolute atomic E-state index is 0.175. The second-order valence-electron chi connectivity index (χ2n) is 4.27. The molecule has 86 valence electrons. The normalized spacial score (nSPS) is 19.1. The van der Waals surface area contributed by atoms with Gasteiger partial charge in [0.2, 0.25) is 0 Å². The third-order valence-electron chi connectivity index (χ3n) is 3.11. The van der Waals surface area contributed by atoms with Crippen LogP contribution in [0.4, 0.5) is 5.13 Å². The number of hydrogen-bond donors (Lipinski definition) is 1. The largest absolute Gasteiger partial charge is 0.375 e. The van der Waals surface area contributed by atoms with Crippen LogP contribution in [0.1, 0.15) is 33.3 Å². The van der Waals surface area contributed by atoms with E-state index in [0.717, 1.165) is 17.0 Å². The van der Waals surface area contributed by atoms with E-state index in [2.05, 4.69) is 17.1 Å². The summed E-state index contributed by atoms with van der Waals surface area (Å²) in [4.78, 5) is 17.0. The maximum Gasteiger partial charge on any atom is 0.180 e. The number of rotatable bonds is 1. The van der Waals surface area contributed by atoms with Crippen molar-refractivity contribution in [2.24, 2.45) is 0 Å². The zero-order valence-corrected chi connectivity index (χ0v) is 10.0. The SMILES string of the molecule is Nc1nc2c(s1)C(=O)C[C@H](c1ccccc1)C2. The molecule has 1 aliphatic carbocycles. The van der Waals surface area contributed by atoms with Crippen molar-refractivity contribution < 1.29 is 4.79 Å². The first kappa shape index (κ1) is 10.5. The summed E-state index contributed by atoms with van der Waals surface area (Å²) in [6.07, 6.45) is 1.39. The second kappa shape index (κ2) is 3.96. The maximum atomic E-state index is 12.0. The van der Waals surface area contributed by atoms with Gasteiger partial charge in [-0.05, 0) is 17.9 Å². The van der Waals surface area contributed by atoms with Crippen molar-refractivity contribution in [3.63, 3.8) is 0 Å². The molecule has 0 aliphatic heterocycles. The topological polar surface area (TPSA) is 56.0 Å². The molecule has 1 aromatic heterocycles. The van der Waals surface area contributed by atoms with Crippen molar-refractivity contribution in [1.82, 2.24) is 4.98 Å². The van der Waals surface area contributed by atoms with Crippen molar-refractivity contribution in [3.05, 3.63) is 46.5 Å². The summed E-state index contributed by atoms with van der Waals surface area (Å²) < 4.78 is 0. The Balaban J connectivity index is 1.96. The number of carbonyl (C=O) groups is 1. The molecular weight excluding hydrogens is 232 g/mol. The first-order valence-electron chi connectivity index (χ1n) is 5.57. The number of hydrogen-bond acceptors (Lipinski definition) is 4. The van der Waals surface area contributed by atoms with Gasteiger partial charge in [-0.1, -0.05) is 41.7 Å². The molecule has 1 atom stereocenters. The Bertz CT molecular complexity index is 562. The van der Waals surface area contributed by atoms with E-state index in [1.807, 2.05) is 18.2 Å². The number of thiazole rings is 1. The Kier molecular flexibility index (Phi) is 2.44. The molecule has 0 bridgehead atoms. The van der Waals surface area contributed by atoms with Gasteiger partial charge in [0.05, 0.1) is 10.6 Å². The van der Waals surface area contributed by atoms with Gasteiger partial charge in [0.15, 0.2) is 10.9 Å². The first-order chi connectivity index (χ1) is 8.24. The lowest BCUT2D eigenvalue weighted by Crippen LogP contribution is -2.17. The van der Waals surface area contributed by atoms with Crippen LogP contribution in [0.3, 0.4) is 0 Å². The van der Waals surface area contributed by atoms with Crippen LogP contribution < -0.4 is 5.73 Å². The molecule has 0 radical (unpaired) electrons. The highest BCUT2D eigenvalue weighted by atomic mass is 32.1. The molecule has 1 heterocycles. The summed E-state index contributed by atoms with van der Waals surface area (Å²) in [5, 5.41) is 0.497. The van der Waals surface area contributed by atoms with E-state index in [0.29, 0.717) is 11.6 Å². The van der Waals surface area contributed by atoms with Gasteiger partial charge in [0, 0.05) is 6.42 Å². The average Bonchev–Trinajstić information content (AvgIpc) is 2.71. The molecule has 3 rings (SSSR count). The average molecular weight is 244 g/mol. The highest BCUT2D eigenvalue weighted by Gasteiger charge is 2.29. The lowest BCUT2D eigenvalue weighted by Gasteiger charge is -2.20. The number of aromatic nitrogens is 1. The Morgan fingerprint density at radius 1 is 1.24 bits per heavy atom. The molecule has 3 nitrogen and oxygen atoms in total. The zero-order valence-electron chi connectivity index (χ0n) is 9.22. The van der Waals surface area contributed by atoms with Crippen molar-refractivity contribution in [1.29, 1.82) is 0 Å². The Morgan fingerprint density at radius 3 is 2.76 bits per heavy atom. The van der Waals surface area contributed by atoms with Crippen LogP contribution in [0.2, 0.25) is 0 Å². The number of nitrogens with two attached hydrogens (primary N) is 1. The van der Waals surface area contributed by atoms with Crippen LogP contribution in [0.25, 0.3) is 0 Å². The Hall–Kier alpha value is -1.68. The molecule has 0 fully saturated rings. The Labute approximate surface area is 103 Å². The number of carbonyl (C=O) groups excluding carboxylic acids is 1. The smallest absolute Gasteiger partial charge is 0.180 e. The van der Waals surface area contributed by atoms with Crippen molar-refractivity contribution in [2.45, 2.75) is 18.8 Å². The van der Waals surface area contributed by atoms with E-state index in [-0.39, 0.29) is 11.7 Å². The van der Waals surface area contributed by atoms with Crippen LogP contribution in [-0.2, 0) is 6.42 Å². The van der Waals surface area contributed by atoms with Gasteiger partial charge >= 0.3 is 0 Å². The van der Waals surface area contributed by atoms with Gasteiger partial charge in [-0.3, -0.25) is 4.79 Å². The highest BCUT2D eigenvalue weighted by Crippen LogP contribution is 2.35. The number of nitrogens with zero attached hydrogens (tertiary/aromatic N) is 1. The third kappa shape index (κ3) is 1.85. The fraction of sp³-hybridized carbons (Fsp3) is 0.231. The zero-order chi connectivity index (χ0) is 11.8. The molecular formula is C13H12N2OS. The van der Waals surface area contributed by atoms with Crippen LogP contribution in [0, 0.1) is 0 Å². The van der Waals surface area contributed by atoms with E-state index in [9.17, 15) is 4.79 Å². The fourth-order valence-corrected chi connectivity index (χ4v) is 3.12. The van der Waals surface area contributed by atoms with Crippen LogP contribution in [-0.4, -0.2) is 10.8 Å². The van der Waals surface area contributed by atoms with Gasteiger partial charge < -0.3 is 5.73 Å². The summed E-state index contributed by atoms with van der Waals surface area (Å²) in [6, 6.07) is 10.1. The van der Waals surface area contributed by atoms with Gasteiger partial charge in [0.25, 0.3) is 0 Å². The summed E-state index contributed by atoms with van der Waals surface area (Å²) >= 11 is 1.31. The van der Waals surface area contributed by atoms with Gasteiger partial charge in [-0.2, -0.15) is 0 Å². The molecule has 2 aromatic rings. The molecule has 0 saturated heterocycles. The van der Waals surface area contributed by atoms with Gasteiger partial charge in [0.1, 0.15) is 0 Å². The maximum absolute atomic E-state index is 12.0. The van der Waals surface area contributed by atoms with E-state index in [1.54, 1.807) is 0 Å². The van der Waals surface area contributed by atoms with Crippen LogP contribution in [0.15, 0.2) is 30.3 Å². The highest BCUT2D eigenvalue weighted by molar-refractivity contribution is 7.17. The number of nitrogen functional groups attached to an aromatic ring is 1. The number of ketones is 1. The standard InChI is InChI=1S/C13H12N2OS/c14-13-15-10-6-9(7-11(16)12(10)17-13)8-4-2-1-3-5-8/h1-5,9H,6-7H2,(H2,14,15)/t9-/m1/s1. The van der Waals surface area contributed by atoms with E-state index in [1.165, 1.54) is 16.9 Å². The van der Waals surface area contributed by atoms with Crippen molar-refractivity contribution in [2.75, 3.05) is 5.73 Å². The predicted molar refractivity (Wildman–Crippen MR) is 68.4 cm³/mol. The second-order valence-corrected chi connectivity index (χ2v) is 5.30. The van der Waals surface area contributed by atoms with Gasteiger partial charge in [-0.15, -0.1) is 0 Å². The van der Waals surface area contributed by atoms with Crippen LogP contribution in [0.5, 0.6) is 0 Å². The number of Topliss-reactive ketones (excluding diaryl/α,β-unsaturated/α-hetero) is 1. The number of fused-ring (bicyclic) bond motifs is 1. The summed E-state index contributed by atoms with van der Waals surface area (Å²) in [7, 11) is 0. The minimum atomic E-state index is 0.175. The predicted octanol–water partition coefficient (Wildman–Crippen LogP) is 2.64. The Morgan fingerprint density at radius 2 is 2.00 bits per heavy atom. The molecule has 17 heavy (non-hydrogen) atoms.